The summed E-state index contributed by atoms with van der Waals surface area (Å²) in [5.41, 5.74) is 1.90. The summed E-state index contributed by atoms with van der Waals surface area (Å²) < 4.78 is 5.22. The summed E-state index contributed by atoms with van der Waals surface area (Å²) in [7, 11) is 1.72. The highest BCUT2D eigenvalue weighted by atomic mass is 16.5. The van der Waals surface area contributed by atoms with E-state index in [1.54, 1.807) is 7.11 Å². The van der Waals surface area contributed by atoms with Crippen LogP contribution in [0.1, 0.15) is 39.2 Å². The average Bonchev–Trinajstić information content (AvgIpc) is 2.46. The summed E-state index contributed by atoms with van der Waals surface area (Å²) in [6.07, 6.45) is 3.75. The highest BCUT2D eigenvalue weighted by molar-refractivity contribution is 5.27. The highest BCUT2D eigenvalue weighted by Crippen LogP contribution is 2.41. The van der Waals surface area contributed by atoms with E-state index in [1.165, 1.54) is 37.9 Å². The van der Waals surface area contributed by atoms with E-state index < -0.39 is 0 Å². The van der Waals surface area contributed by atoms with Crippen molar-refractivity contribution in [1.29, 1.82) is 0 Å². The molecule has 1 heterocycles. The third-order valence-corrected chi connectivity index (χ3v) is 5.08. The van der Waals surface area contributed by atoms with Crippen LogP contribution in [0.15, 0.2) is 24.3 Å². The van der Waals surface area contributed by atoms with Crippen molar-refractivity contribution in [3.8, 4) is 5.75 Å². The minimum Gasteiger partial charge on any atom is -0.497 e. The first-order valence-corrected chi connectivity index (χ1v) is 7.89. The van der Waals surface area contributed by atoms with Crippen LogP contribution in [0.2, 0.25) is 0 Å². The minimum absolute atomic E-state index is 0.472. The van der Waals surface area contributed by atoms with Crippen LogP contribution in [0.4, 0.5) is 0 Å². The fraction of sp³-hybridized carbons (Fsp3) is 0.667. The zero-order chi connectivity index (χ0) is 14.6. The molecular formula is C18H29NO. The number of hydrogen-bond acceptors (Lipinski definition) is 2. The molecule has 1 fully saturated rings. The third kappa shape index (κ3) is 3.54. The number of methoxy groups -OCH3 is 1. The van der Waals surface area contributed by atoms with Crippen LogP contribution in [-0.2, 0) is 6.42 Å². The van der Waals surface area contributed by atoms with Gasteiger partial charge in [0.15, 0.2) is 0 Å². The molecule has 2 nitrogen and oxygen atoms in total. The van der Waals surface area contributed by atoms with Gasteiger partial charge in [-0.05, 0) is 67.3 Å². The number of piperidine rings is 1. The minimum atomic E-state index is 0.472. The monoisotopic (exact) mass is 275 g/mol. The molecule has 0 bridgehead atoms. The smallest absolute Gasteiger partial charge is 0.118 e. The number of hydrogen-bond donors (Lipinski definition) is 1. The maximum absolute atomic E-state index is 5.22. The van der Waals surface area contributed by atoms with Gasteiger partial charge in [-0.3, -0.25) is 0 Å². The van der Waals surface area contributed by atoms with Crippen LogP contribution in [0.3, 0.4) is 0 Å². The molecule has 1 saturated heterocycles. The Balaban J connectivity index is 1.99. The molecule has 1 aromatic carbocycles. The first-order chi connectivity index (χ1) is 9.55. The second-order valence-corrected chi connectivity index (χ2v) is 6.81. The molecule has 2 atom stereocenters. The van der Waals surface area contributed by atoms with Crippen molar-refractivity contribution in [3.05, 3.63) is 29.8 Å². The zero-order valence-electron chi connectivity index (χ0n) is 13.4. The van der Waals surface area contributed by atoms with E-state index in [-0.39, 0.29) is 0 Å². The van der Waals surface area contributed by atoms with Crippen LogP contribution in [0.25, 0.3) is 0 Å². The van der Waals surface area contributed by atoms with Crippen LogP contribution in [-0.4, -0.2) is 20.2 Å². The molecule has 2 heteroatoms. The molecule has 0 spiro atoms. The van der Waals surface area contributed by atoms with Gasteiger partial charge < -0.3 is 10.1 Å². The van der Waals surface area contributed by atoms with E-state index in [9.17, 15) is 0 Å². The van der Waals surface area contributed by atoms with Crippen molar-refractivity contribution < 1.29 is 4.74 Å². The molecule has 0 saturated carbocycles. The van der Waals surface area contributed by atoms with E-state index in [0.717, 1.165) is 17.6 Å². The number of benzene rings is 1. The topological polar surface area (TPSA) is 21.3 Å². The predicted molar refractivity (Wildman–Crippen MR) is 85.2 cm³/mol. The van der Waals surface area contributed by atoms with Gasteiger partial charge in [0, 0.05) is 0 Å². The lowest BCUT2D eigenvalue weighted by Gasteiger charge is -2.44. The van der Waals surface area contributed by atoms with Crippen molar-refractivity contribution in [3.63, 3.8) is 0 Å². The van der Waals surface area contributed by atoms with Crippen LogP contribution < -0.4 is 10.1 Å². The molecule has 0 radical (unpaired) electrons. The maximum Gasteiger partial charge on any atom is 0.118 e. The molecule has 2 unspecified atom stereocenters. The SMILES string of the molecule is COc1ccc(CCC2(C)CCNCC2C(C)C)cc1. The first kappa shape index (κ1) is 15.4. The Labute approximate surface area is 123 Å². The Hall–Kier alpha value is -1.02. The predicted octanol–water partition coefficient (Wildman–Crippen LogP) is 3.90. The average molecular weight is 275 g/mol. The van der Waals surface area contributed by atoms with Gasteiger partial charge >= 0.3 is 0 Å². The molecule has 1 aromatic rings. The fourth-order valence-electron chi connectivity index (χ4n) is 3.64. The van der Waals surface area contributed by atoms with Gasteiger partial charge in [-0.1, -0.05) is 32.9 Å². The van der Waals surface area contributed by atoms with Gasteiger partial charge in [-0.2, -0.15) is 0 Å². The number of ether oxygens (including phenoxy) is 1. The third-order valence-electron chi connectivity index (χ3n) is 5.08. The van der Waals surface area contributed by atoms with Gasteiger partial charge in [0.2, 0.25) is 0 Å². The second-order valence-electron chi connectivity index (χ2n) is 6.81. The number of nitrogens with one attached hydrogen (secondary N) is 1. The van der Waals surface area contributed by atoms with Gasteiger partial charge in [-0.25, -0.2) is 0 Å². The highest BCUT2D eigenvalue weighted by Gasteiger charge is 2.37. The Morgan fingerprint density at radius 1 is 1.30 bits per heavy atom. The lowest BCUT2D eigenvalue weighted by Crippen LogP contribution is -2.46. The van der Waals surface area contributed by atoms with Crippen LogP contribution in [0, 0.1) is 17.3 Å². The van der Waals surface area contributed by atoms with E-state index in [1.807, 2.05) is 0 Å². The summed E-state index contributed by atoms with van der Waals surface area (Å²) in [5.74, 6) is 2.49. The Morgan fingerprint density at radius 3 is 2.60 bits per heavy atom. The van der Waals surface area contributed by atoms with Gasteiger partial charge in [0.25, 0.3) is 0 Å². The maximum atomic E-state index is 5.22. The molecule has 0 aromatic heterocycles. The lowest BCUT2D eigenvalue weighted by atomic mass is 9.65. The quantitative estimate of drug-likeness (QED) is 0.880. The zero-order valence-corrected chi connectivity index (χ0v) is 13.4. The lowest BCUT2D eigenvalue weighted by molar-refractivity contribution is 0.0807. The Morgan fingerprint density at radius 2 is 2.00 bits per heavy atom. The summed E-state index contributed by atoms with van der Waals surface area (Å²) in [4.78, 5) is 0. The van der Waals surface area contributed by atoms with Crippen LogP contribution >= 0.6 is 0 Å². The molecule has 1 aliphatic rings. The molecule has 0 aliphatic carbocycles. The molecule has 20 heavy (non-hydrogen) atoms. The molecule has 0 amide bonds. The molecule has 1 aliphatic heterocycles. The largest absolute Gasteiger partial charge is 0.497 e. The fourth-order valence-corrected chi connectivity index (χ4v) is 3.64. The normalized spacial score (nSPS) is 26.8. The van der Waals surface area contributed by atoms with Crippen LogP contribution in [0.5, 0.6) is 5.75 Å². The van der Waals surface area contributed by atoms with E-state index in [4.69, 9.17) is 4.74 Å². The number of aryl methyl sites for hydroxylation is 1. The molecular weight excluding hydrogens is 246 g/mol. The standard InChI is InChI=1S/C18H29NO/c1-14(2)17-13-19-12-11-18(17,3)10-9-15-5-7-16(20-4)8-6-15/h5-8,14,17,19H,9-13H2,1-4H3. The Bertz CT molecular complexity index is 412. The van der Waals surface area contributed by atoms with E-state index in [2.05, 4.69) is 50.4 Å². The first-order valence-electron chi connectivity index (χ1n) is 7.89. The summed E-state index contributed by atoms with van der Waals surface area (Å²) in [5, 5.41) is 3.57. The molecule has 2 rings (SSSR count). The van der Waals surface area contributed by atoms with Crippen molar-refractivity contribution in [2.75, 3.05) is 20.2 Å². The van der Waals surface area contributed by atoms with Gasteiger partial charge in [0.1, 0.15) is 5.75 Å². The van der Waals surface area contributed by atoms with Crippen molar-refractivity contribution in [1.82, 2.24) is 5.32 Å². The second kappa shape index (κ2) is 6.62. The summed E-state index contributed by atoms with van der Waals surface area (Å²) >= 11 is 0. The van der Waals surface area contributed by atoms with E-state index >= 15 is 0 Å². The van der Waals surface area contributed by atoms with Gasteiger partial charge in [-0.15, -0.1) is 0 Å². The van der Waals surface area contributed by atoms with Crippen molar-refractivity contribution in [2.45, 2.75) is 40.0 Å². The molecule has 1 N–H and O–H groups in total. The molecule has 112 valence electrons. The van der Waals surface area contributed by atoms with Crippen molar-refractivity contribution in [2.24, 2.45) is 17.3 Å². The summed E-state index contributed by atoms with van der Waals surface area (Å²) in [6, 6.07) is 8.54. The number of rotatable bonds is 5. The van der Waals surface area contributed by atoms with E-state index in [0.29, 0.717) is 5.41 Å². The summed E-state index contributed by atoms with van der Waals surface area (Å²) in [6.45, 7) is 9.56. The van der Waals surface area contributed by atoms with Crippen molar-refractivity contribution >= 4 is 0 Å². The van der Waals surface area contributed by atoms with Gasteiger partial charge in [0.05, 0.1) is 7.11 Å². The Kier molecular flexibility index (Phi) is 5.09.